The van der Waals surface area contributed by atoms with Gasteiger partial charge in [-0.2, -0.15) is 10.1 Å². The minimum atomic E-state index is 0.123. The molecular formula is C28H54N2O2. The van der Waals surface area contributed by atoms with E-state index in [9.17, 15) is 0 Å². The van der Waals surface area contributed by atoms with Crippen LogP contribution in [0.1, 0.15) is 121 Å². The van der Waals surface area contributed by atoms with Crippen molar-refractivity contribution in [3.8, 4) is 0 Å². The zero-order valence-electron chi connectivity index (χ0n) is 23.1. The first kappa shape index (κ1) is 29.4. The fraction of sp³-hybridized carbons (Fsp3) is 0.857. The molecule has 0 spiro atoms. The lowest BCUT2D eigenvalue weighted by atomic mass is 9.82. The first-order chi connectivity index (χ1) is 14.7. The van der Waals surface area contributed by atoms with Crippen molar-refractivity contribution in [2.24, 2.45) is 0 Å². The highest BCUT2D eigenvalue weighted by Gasteiger charge is 2.43. The third kappa shape index (κ3) is 8.27. The molecule has 2 rings (SSSR count). The summed E-state index contributed by atoms with van der Waals surface area (Å²) >= 11 is 0. The predicted octanol–water partition coefficient (Wildman–Crippen LogP) is 7.85. The van der Waals surface area contributed by atoms with E-state index in [1.54, 1.807) is 0 Å². The molecule has 0 radical (unpaired) electrons. The monoisotopic (exact) mass is 450 g/mol. The summed E-state index contributed by atoms with van der Waals surface area (Å²) in [6.45, 7) is 27.0. The van der Waals surface area contributed by atoms with Crippen molar-refractivity contribution in [3.63, 3.8) is 0 Å². The van der Waals surface area contributed by atoms with E-state index < -0.39 is 0 Å². The highest BCUT2D eigenvalue weighted by Crippen LogP contribution is 2.39. The van der Waals surface area contributed by atoms with Crippen molar-refractivity contribution in [3.05, 3.63) is 24.8 Å². The van der Waals surface area contributed by atoms with Gasteiger partial charge in [-0.15, -0.1) is 6.58 Å². The van der Waals surface area contributed by atoms with Crippen LogP contribution in [0.4, 0.5) is 0 Å². The van der Waals surface area contributed by atoms with E-state index >= 15 is 0 Å². The van der Waals surface area contributed by atoms with Gasteiger partial charge in [-0.1, -0.05) is 32.1 Å². The number of piperidine rings is 2. The summed E-state index contributed by atoms with van der Waals surface area (Å²) in [5, 5.41) is 4.42. The van der Waals surface area contributed by atoms with E-state index in [-0.39, 0.29) is 28.3 Å². The minimum Gasteiger partial charge on any atom is -0.294 e. The molecule has 0 aliphatic carbocycles. The van der Waals surface area contributed by atoms with Gasteiger partial charge in [0.2, 0.25) is 0 Å². The van der Waals surface area contributed by atoms with Crippen LogP contribution >= 0.6 is 0 Å². The SMILES string of the molecule is C=CC(CC)ON1C(C)(C)CCCC1(C)C.CC/C=C\CON1C(C)(C)CCCC1(C)C. The van der Waals surface area contributed by atoms with E-state index in [0.29, 0.717) is 6.61 Å². The quantitative estimate of drug-likeness (QED) is 0.351. The molecule has 0 aromatic heterocycles. The van der Waals surface area contributed by atoms with Crippen LogP contribution in [0.15, 0.2) is 24.8 Å². The largest absolute Gasteiger partial charge is 0.294 e. The molecule has 0 saturated carbocycles. The van der Waals surface area contributed by atoms with Crippen LogP contribution < -0.4 is 0 Å². The molecule has 1 atom stereocenters. The average Bonchev–Trinajstić information content (AvgIpc) is 2.66. The molecule has 2 saturated heterocycles. The van der Waals surface area contributed by atoms with Crippen molar-refractivity contribution in [2.75, 3.05) is 6.61 Å². The number of hydrogen-bond donors (Lipinski definition) is 0. The minimum absolute atomic E-state index is 0.123. The van der Waals surface area contributed by atoms with E-state index in [1.807, 2.05) is 6.08 Å². The van der Waals surface area contributed by atoms with Gasteiger partial charge in [0.15, 0.2) is 0 Å². The highest BCUT2D eigenvalue weighted by molar-refractivity contribution is 4.95. The number of hydrogen-bond acceptors (Lipinski definition) is 4. The lowest BCUT2D eigenvalue weighted by Crippen LogP contribution is -2.59. The molecule has 0 bridgehead atoms. The summed E-state index contributed by atoms with van der Waals surface area (Å²) in [5.41, 5.74) is 0.556. The number of nitrogens with zero attached hydrogens (tertiary/aromatic N) is 2. The standard InChI is InChI=1S/2C14H27NO/c1-7-12(8-2)16-15-13(3,4)10-9-11-14(15,5)6;1-6-7-8-12-16-15-13(2,3)10-9-11-14(15,4)5/h7,12H,1,8-11H2,2-6H3;7-8H,6,9-12H2,1-5H3/b;8-7-. The van der Waals surface area contributed by atoms with Gasteiger partial charge >= 0.3 is 0 Å². The Bertz CT molecular complexity index is 560. The molecule has 1 unspecified atom stereocenters. The third-order valence-electron chi connectivity index (χ3n) is 6.96. The summed E-state index contributed by atoms with van der Waals surface area (Å²) < 4.78 is 0. The predicted molar refractivity (Wildman–Crippen MR) is 138 cm³/mol. The van der Waals surface area contributed by atoms with Crippen molar-refractivity contribution in [1.82, 2.24) is 10.1 Å². The fourth-order valence-corrected chi connectivity index (χ4v) is 5.36. The Labute approximate surface area is 200 Å². The number of hydroxylamine groups is 4. The Morgan fingerprint density at radius 2 is 1.19 bits per heavy atom. The zero-order chi connectivity index (χ0) is 24.6. The van der Waals surface area contributed by atoms with Crippen LogP contribution in [0.5, 0.6) is 0 Å². The molecule has 2 fully saturated rings. The second-order valence-corrected chi connectivity index (χ2v) is 12.0. The lowest BCUT2D eigenvalue weighted by molar-refractivity contribution is -0.296. The molecule has 0 aromatic rings. The second kappa shape index (κ2) is 12.1. The van der Waals surface area contributed by atoms with Crippen LogP contribution in [0.2, 0.25) is 0 Å². The van der Waals surface area contributed by atoms with Gasteiger partial charge in [0, 0.05) is 22.2 Å². The zero-order valence-corrected chi connectivity index (χ0v) is 23.1. The summed E-state index contributed by atoms with van der Waals surface area (Å²) in [5.74, 6) is 0. The maximum Gasteiger partial charge on any atom is 0.0969 e. The Hall–Kier alpha value is -0.680. The molecule has 2 aliphatic rings. The van der Waals surface area contributed by atoms with Gasteiger partial charge in [0.1, 0.15) is 0 Å². The molecule has 4 heteroatoms. The van der Waals surface area contributed by atoms with Crippen LogP contribution in [0.25, 0.3) is 0 Å². The van der Waals surface area contributed by atoms with Gasteiger partial charge < -0.3 is 0 Å². The maximum absolute atomic E-state index is 6.14. The molecule has 0 aromatic carbocycles. The Balaban J connectivity index is 0.000000320. The highest BCUT2D eigenvalue weighted by atomic mass is 16.7. The Morgan fingerprint density at radius 3 is 1.56 bits per heavy atom. The topological polar surface area (TPSA) is 24.9 Å². The van der Waals surface area contributed by atoms with E-state index in [2.05, 4.69) is 98.1 Å². The van der Waals surface area contributed by atoms with Crippen molar-refractivity contribution < 1.29 is 9.68 Å². The van der Waals surface area contributed by atoms with Crippen molar-refractivity contribution in [2.45, 2.75) is 149 Å². The number of rotatable bonds is 8. The Morgan fingerprint density at radius 1 is 0.750 bits per heavy atom. The second-order valence-electron chi connectivity index (χ2n) is 12.0. The lowest BCUT2D eigenvalue weighted by Gasteiger charge is -2.52. The summed E-state index contributed by atoms with van der Waals surface area (Å²) in [6.07, 6.45) is 15.8. The summed E-state index contributed by atoms with van der Waals surface area (Å²) in [4.78, 5) is 12.1. The molecular weight excluding hydrogens is 396 g/mol. The molecule has 0 amide bonds. The maximum atomic E-state index is 6.14. The van der Waals surface area contributed by atoms with E-state index in [1.165, 1.54) is 38.5 Å². The first-order valence-corrected chi connectivity index (χ1v) is 12.9. The smallest absolute Gasteiger partial charge is 0.0969 e. The summed E-state index contributed by atoms with van der Waals surface area (Å²) in [7, 11) is 0. The Kier molecular flexibility index (Phi) is 11.1. The first-order valence-electron chi connectivity index (χ1n) is 12.9. The van der Waals surface area contributed by atoms with Gasteiger partial charge in [0.05, 0.1) is 12.7 Å². The molecule has 0 N–H and O–H groups in total. The average molecular weight is 451 g/mol. The van der Waals surface area contributed by atoms with Crippen LogP contribution in [0, 0.1) is 0 Å². The molecule has 188 valence electrons. The van der Waals surface area contributed by atoms with Crippen molar-refractivity contribution in [1.29, 1.82) is 0 Å². The third-order valence-corrected chi connectivity index (χ3v) is 6.96. The van der Waals surface area contributed by atoms with Crippen LogP contribution in [-0.4, -0.2) is 45.0 Å². The van der Waals surface area contributed by atoms with Gasteiger partial charge in [-0.3, -0.25) is 9.68 Å². The molecule has 4 nitrogen and oxygen atoms in total. The van der Waals surface area contributed by atoms with Gasteiger partial charge in [-0.25, -0.2) is 0 Å². The molecule has 32 heavy (non-hydrogen) atoms. The van der Waals surface area contributed by atoms with Crippen LogP contribution in [-0.2, 0) is 9.68 Å². The van der Waals surface area contributed by atoms with Gasteiger partial charge in [-0.05, 0) is 107 Å². The van der Waals surface area contributed by atoms with Gasteiger partial charge in [0.25, 0.3) is 0 Å². The van der Waals surface area contributed by atoms with Crippen LogP contribution in [0.3, 0.4) is 0 Å². The molecule has 2 aliphatic heterocycles. The van der Waals surface area contributed by atoms with E-state index in [0.717, 1.165) is 12.8 Å². The fourth-order valence-electron chi connectivity index (χ4n) is 5.36. The van der Waals surface area contributed by atoms with E-state index in [4.69, 9.17) is 9.68 Å². The summed E-state index contributed by atoms with van der Waals surface area (Å²) in [6, 6.07) is 0. The molecule has 2 heterocycles. The normalized spacial score (nSPS) is 25.7. The number of allylic oxidation sites excluding steroid dienone is 1. The van der Waals surface area contributed by atoms with Crippen molar-refractivity contribution >= 4 is 0 Å².